The molecule has 82 valence electrons. The lowest BCUT2D eigenvalue weighted by Crippen LogP contribution is -2.26. The topological polar surface area (TPSA) is 29.3 Å². The predicted octanol–water partition coefficient (Wildman–Crippen LogP) is 2.38. The van der Waals surface area contributed by atoms with Crippen LogP contribution in [0, 0.1) is 0 Å². The first-order chi connectivity index (χ1) is 7.83. The molecule has 0 bridgehead atoms. The van der Waals surface area contributed by atoms with E-state index in [-0.39, 0.29) is 0 Å². The summed E-state index contributed by atoms with van der Waals surface area (Å²) in [7, 11) is 0. The van der Waals surface area contributed by atoms with Gasteiger partial charge in [0, 0.05) is 24.8 Å². The van der Waals surface area contributed by atoms with Crippen molar-refractivity contribution in [2.45, 2.75) is 12.5 Å². The Labute approximate surface area is 95.7 Å². The molecule has 1 aliphatic heterocycles. The van der Waals surface area contributed by atoms with E-state index in [0.29, 0.717) is 6.04 Å². The van der Waals surface area contributed by atoms with Crippen LogP contribution in [-0.4, -0.2) is 19.1 Å². The second kappa shape index (κ2) is 3.80. The summed E-state index contributed by atoms with van der Waals surface area (Å²) in [4.78, 5) is 2.37. The molecule has 1 aliphatic rings. The van der Waals surface area contributed by atoms with Gasteiger partial charge in [0.05, 0.1) is 0 Å². The van der Waals surface area contributed by atoms with Crippen LogP contribution in [-0.2, 0) is 0 Å². The molecule has 1 atom stereocenters. The minimum Gasteiger partial charge on any atom is -0.370 e. The minimum absolute atomic E-state index is 0.339. The van der Waals surface area contributed by atoms with Crippen LogP contribution in [0.5, 0.6) is 0 Å². The number of nitrogens with two attached hydrogens (primary N) is 1. The fourth-order valence-electron chi connectivity index (χ4n) is 2.40. The van der Waals surface area contributed by atoms with Gasteiger partial charge in [-0.15, -0.1) is 0 Å². The van der Waals surface area contributed by atoms with Gasteiger partial charge >= 0.3 is 0 Å². The van der Waals surface area contributed by atoms with E-state index >= 15 is 0 Å². The van der Waals surface area contributed by atoms with Crippen LogP contribution in [0.2, 0.25) is 0 Å². The third kappa shape index (κ3) is 1.65. The second-order valence-corrected chi connectivity index (χ2v) is 4.53. The van der Waals surface area contributed by atoms with Crippen LogP contribution >= 0.6 is 0 Å². The van der Waals surface area contributed by atoms with Gasteiger partial charge < -0.3 is 10.6 Å². The van der Waals surface area contributed by atoms with E-state index in [4.69, 9.17) is 5.73 Å². The quantitative estimate of drug-likeness (QED) is 0.786. The maximum atomic E-state index is 5.93. The highest BCUT2D eigenvalue weighted by atomic mass is 15.2. The van der Waals surface area contributed by atoms with Gasteiger partial charge in [-0.2, -0.15) is 0 Å². The normalized spacial score (nSPS) is 20.6. The Morgan fingerprint density at radius 1 is 1.06 bits per heavy atom. The molecule has 0 aliphatic carbocycles. The molecule has 1 saturated heterocycles. The molecule has 1 fully saturated rings. The number of fused-ring (bicyclic) bond motifs is 1. The third-order valence-electron chi connectivity index (χ3n) is 3.32. The highest BCUT2D eigenvalue weighted by Gasteiger charge is 2.19. The Balaban J connectivity index is 1.99. The van der Waals surface area contributed by atoms with Crippen molar-refractivity contribution in [2.75, 3.05) is 18.0 Å². The summed E-state index contributed by atoms with van der Waals surface area (Å²) in [6.45, 7) is 2.07. The molecular formula is C14H16N2. The van der Waals surface area contributed by atoms with Gasteiger partial charge in [0.1, 0.15) is 0 Å². The number of hydrogen-bond acceptors (Lipinski definition) is 2. The largest absolute Gasteiger partial charge is 0.370 e. The first-order valence-corrected chi connectivity index (χ1v) is 5.82. The molecule has 2 nitrogen and oxygen atoms in total. The van der Waals surface area contributed by atoms with Crippen LogP contribution < -0.4 is 10.6 Å². The molecule has 0 aromatic heterocycles. The van der Waals surface area contributed by atoms with E-state index < -0.39 is 0 Å². The molecule has 2 aromatic carbocycles. The maximum absolute atomic E-state index is 5.93. The van der Waals surface area contributed by atoms with Gasteiger partial charge in [0.25, 0.3) is 0 Å². The van der Waals surface area contributed by atoms with Crippen LogP contribution in [0.3, 0.4) is 0 Å². The van der Waals surface area contributed by atoms with E-state index in [9.17, 15) is 0 Å². The van der Waals surface area contributed by atoms with Crippen LogP contribution in [0.4, 0.5) is 5.69 Å². The molecule has 0 spiro atoms. The molecule has 1 heterocycles. The second-order valence-electron chi connectivity index (χ2n) is 4.53. The number of benzene rings is 2. The summed E-state index contributed by atoms with van der Waals surface area (Å²) in [5.74, 6) is 0. The van der Waals surface area contributed by atoms with E-state index in [1.165, 1.54) is 16.5 Å². The lowest BCUT2D eigenvalue weighted by molar-refractivity contribution is 0.752. The zero-order valence-corrected chi connectivity index (χ0v) is 9.26. The first-order valence-electron chi connectivity index (χ1n) is 5.82. The van der Waals surface area contributed by atoms with E-state index in [1.807, 2.05) is 0 Å². The molecule has 1 unspecified atom stereocenters. The van der Waals surface area contributed by atoms with Crippen molar-refractivity contribution in [3.63, 3.8) is 0 Å². The summed E-state index contributed by atoms with van der Waals surface area (Å²) in [5, 5.41) is 2.61. The Morgan fingerprint density at radius 2 is 1.88 bits per heavy atom. The van der Waals surface area contributed by atoms with Gasteiger partial charge in [-0.1, -0.05) is 30.3 Å². The van der Waals surface area contributed by atoms with E-state index in [0.717, 1.165) is 19.5 Å². The Kier molecular flexibility index (Phi) is 2.29. The van der Waals surface area contributed by atoms with Gasteiger partial charge in [-0.3, -0.25) is 0 Å². The van der Waals surface area contributed by atoms with Crippen molar-refractivity contribution in [1.82, 2.24) is 0 Å². The summed E-state index contributed by atoms with van der Waals surface area (Å²) < 4.78 is 0. The zero-order chi connectivity index (χ0) is 11.0. The summed E-state index contributed by atoms with van der Waals surface area (Å²) in [5.41, 5.74) is 7.23. The van der Waals surface area contributed by atoms with Gasteiger partial charge in [0.2, 0.25) is 0 Å². The molecule has 2 aromatic rings. The highest BCUT2D eigenvalue weighted by molar-refractivity contribution is 5.85. The van der Waals surface area contributed by atoms with Crippen molar-refractivity contribution in [2.24, 2.45) is 5.73 Å². The zero-order valence-electron chi connectivity index (χ0n) is 9.26. The Bertz CT molecular complexity index is 507. The van der Waals surface area contributed by atoms with Gasteiger partial charge in [0.15, 0.2) is 0 Å². The van der Waals surface area contributed by atoms with Crippen LogP contribution in [0.1, 0.15) is 6.42 Å². The van der Waals surface area contributed by atoms with Crippen molar-refractivity contribution in [3.05, 3.63) is 42.5 Å². The van der Waals surface area contributed by atoms with E-state index in [1.54, 1.807) is 0 Å². The fraction of sp³-hybridized carbons (Fsp3) is 0.286. The van der Waals surface area contributed by atoms with E-state index in [2.05, 4.69) is 47.4 Å². The molecular weight excluding hydrogens is 196 g/mol. The number of rotatable bonds is 1. The standard InChI is InChI=1S/C14H16N2/c15-13-7-8-16(10-13)14-6-5-11-3-1-2-4-12(11)9-14/h1-6,9,13H,7-8,10,15H2. The Morgan fingerprint density at radius 3 is 2.62 bits per heavy atom. The molecule has 0 saturated carbocycles. The lowest BCUT2D eigenvalue weighted by Gasteiger charge is -2.18. The molecule has 2 heteroatoms. The predicted molar refractivity (Wildman–Crippen MR) is 68.8 cm³/mol. The summed E-state index contributed by atoms with van der Waals surface area (Å²) >= 11 is 0. The number of nitrogens with zero attached hydrogens (tertiary/aromatic N) is 1. The molecule has 2 N–H and O–H groups in total. The molecule has 0 radical (unpaired) electrons. The first kappa shape index (κ1) is 9.67. The van der Waals surface area contributed by atoms with Crippen molar-refractivity contribution in [3.8, 4) is 0 Å². The summed E-state index contributed by atoms with van der Waals surface area (Å²) in [6.07, 6.45) is 1.10. The van der Waals surface area contributed by atoms with Gasteiger partial charge in [-0.25, -0.2) is 0 Å². The van der Waals surface area contributed by atoms with Gasteiger partial charge in [-0.05, 0) is 29.3 Å². The highest BCUT2D eigenvalue weighted by Crippen LogP contribution is 2.24. The van der Waals surface area contributed by atoms with Crippen molar-refractivity contribution >= 4 is 16.5 Å². The fourth-order valence-corrected chi connectivity index (χ4v) is 2.40. The molecule has 3 rings (SSSR count). The van der Waals surface area contributed by atoms with Crippen molar-refractivity contribution < 1.29 is 0 Å². The van der Waals surface area contributed by atoms with Crippen LogP contribution in [0.15, 0.2) is 42.5 Å². The SMILES string of the molecule is NC1CCN(c2ccc3ccccc3c2)C1. The number of hydrogen-bond donors (Lipinski definition) is 1. The number of anilines is 1. The molecule has 0 amide bonds. The van der Waals surface area contributed by atoms with Crippen LogP contribution in [0.25, 0.3) is 10.8 Å². The smallest absolute Gasteiger partial charge is 0.0373 e. The monoisotopic (exact) mass is 212 g/mol. The maximum Gasteiger partial charge on any atom is 0.0373 e. The third-order valence-corrected chi connectivity index (χ3v) is 3.32. The molecule has 16 heavy (non-hydrogen) atoms. The van der Waals surface area contributed by atoms with Crippen molar-refractivity contribution in [1.29, 1.82) is 0 Å². The average molecular weight is 212 g/mol. The Hall–Kier alpha value is -1.54. The average Bonchev–Trinajstić information content (AvgIpc) is 2.75. The lowest BCUT2D eigenvalue weighted by atomic mass is 10.1. The summed E-state index contributed by atoms with van der Waals surface area (Å²) in [6, 6.07) is 15.5. The minimum atomic E-state index is 0.339.